The van der Waals surface area contributed by atoms with Crippen LogP contribution in [0.25, 0.3) is 0 Å². The van der Waals surface area contributed by atoms with E-state index in [-0.39, 0.29) is 6.10 Å². The highest BCUT2D eigenvalue weighted by atomic mass is 32.2. The van der Waals surface area contributed by atoms with Crippen molar-refractivity contribution in [1.29, 1.82) is 0 Å². The van der Waals surface area contributed by atoms with Crippen molar-refractivity contribution < 1.29 is 12.9 Å². The molecule has 3 nitrogen and oxygen atoms in total. The van der Waals surface area contributed by atoms with E-state index in [0.29, 0.717) is 0 Å². The van der Waals surface area contributed by atoms with Gasteiger partial charge in [-0.1, -0.05) is 117 Å². The summed E-state index contributed by atoms with van der Waals surface area (Å²) in [5.74, 6) is 0. The first kappa shape index (κ1) is 25.1. The molecule has 0 radical (unpaired) electrons. The Bertz CT molecular complexity index is 284. The first-order chi connectivity index (χ1) is 12.2. The van der Waals surface area contributed by atoms with Crippen molar-refractivity contribution in [3.8, 4) is 0 Å². The van der Waals surface area contributed by atoms with E-state index in [4.69, 9.17) is 8.74 Å². The first-order valence-corrected chi connectivity index (χ1v) is 12.0. The summed E-state index contributed by atoms with van der Waals surface area (Å²) in [4.78, 5) is 0. The van der Waals surface area contributed by atoms with Gasteiger partial charge in [-0.05, 0) is 12.8 Å². The second-order valence-corrected chi connectivity index (χ2v) is 8.06. The van der Waals surface area contributed by atoms with Crippen LogP contribution in [0.3, 0.4) is 0 Å². The predicted molar refractivity (Wildman–Crippen MR) is 110 cm³/mol. The molecule has 0 heterocycles. The zero-order valence-corrected chi connectivity index (χ0v) is 17.8. The Morgan fingerprint density at radius 3 is 1.36 bits per heavy atom. The van der Waals surface area contributed by atoms with E-state index in [2.05, 4.69) is 6.92 Å². The lowest BCUT2D eigenvalue weighted by Gasteiger charge is -2.12. The van der Waals surface area contributed by atoms with Gasteiger partial charge in [0.2, 0.25) is 0 Å². The van der Waals surface area contributed by atoms with Gasteiger partial charge in [0, 0.05) is 0 Å². The van der Waals surface area contributed by atoms with E-state index in [0.717, 1.165) is 19.3 Å². The molecule has 0 aliphatic heterocycles. The van der Waals surface area contributed by atoms with Crippen LogP contribution in [0.5, 0.6) is 0 Å². The van der Waals surface area contributed by atoms with Crippen LogP contribution in [-0.2, 0) is 15.5 Å². The van der Waals surface area contributed by atoms with Crippen molar-refractivity contribution in [3.63, 3.8) is 0 Å². The lowest BCUT2D eigenvalue weighted by atomic mass is 10.0. The van der Waals surface area contributed by atoms with Crippen molar-refractivity contribution in [2.24, 2.45) is 0 Å². The second-order valence-electron chi connectivity index (χ2n) is 7.44. The second kappa shape index (κ2) is 20.4. The number of unbranched alkanes of at least 4 members (excludes halogenated alkanes) is 15. The van der Waals surface area contributed by atoms with Gasteiger partial charge in [0.1, 0.15) is 0 Å². The van der Waals surface area contributed by atoms with Crippen LogP contribution in [0.4, 0.5) is 0 Å². The zero-order valence-electron chi connectivity index (χ0n) is 17.0. The summed E-state index contributed by atoms with van der Waals surface area (Å²) in [6.07, 6.45) is 23.6. The lowest BCUT2D eigenvalue weighted by molar-refractivity contribution is 0.185. The summed E-state index contributed by atoms with van der Waals surface area (Å²) in [7, 11) is 0. The highest BCUT2D eigenvalue weighted by Gasteiger charge is 2.09. The maximum Gasteiger partial charge on any atom is 0.302 e. The van der Waals surface area contributed by atoms with Crippen molar-refractivity contribution >= 4 is 11.4 Å². The van der Waals surface area contributed by atoms with E-state index in [1.165, 1.54) is 96.3 Å². The fourth-order valence-electron chi connectivity index (χ4n) is 3.36. The standard InChI is InChI=1S/C21H44O3S/c1-3-5-6-7-8-9-10-11-12-13-14-15-16-17-18-19-20-21(4-2)24-25(22)23/h21H,3-20H2,1-2H3,(H,22,23). The van der Waals surface area contributed by atoms with E-state index in [1.807, 2.05) is 6.92 Å². The quantitative estimate of drug-likeness (QED) is 0.176. The van der Waals surface area contributed by atoms with Gasteiger partial charge in [-0.3, -0.25) is 8.74 Å². The Labute approximate surface area is 160 Å². The highest BCUT2D eigenvalue weighted by Crippen LogP contribution is 2.15. The minimum Gasteiger partial charge on any atom is -0.284 e. The SMILES string of the molecule is CCCCCCCCCCCCCCCCCCC(CC)OS(=O)O. The summed E-state index contributed by atoms with van der Waals surface area (Å²) in [6, 6.07) is 0. The molecule has 0 aromatic carbocycles. The molecule has 0 aliphatic carbocycles. The molecule has 0 spiro atoms. The maximum atomic E-state index is 10.6. The molecule has 0 aliphatic rings. The van der Waals surface area contributed by atoms with Gasteiger partial charge in [-0.25, -0.2) is 0 Å². The molecule has 0 aromatic rings. The van der Waals surface area contributed by atoms with Crippen LogP contribution in [0, 0.1) is 0 Å². The monoisotopic (exact) mass is 376 g/mol. The Balaban J connectivity index is 3.15. The molecule has 0 saturated heterocycles. The molecule has 0 amide bonds. The van der Waals surface area contributed by atoms with Crippen LogP contribution < -0.4 is 0 Å². The van der Waals surface area contributed by atoms with Crippen molar-refractivity contribution in [2.75, 3.05) is 0 Å². The number of rotatable bonds is 20. The van der Waals surface area contributed by atoms with E-state index in [1.54, 1.807) is 0 Å². The van der Waals surface area contributed by atoms with E-state index < -0.39 is 11.4 Å². The summed E-state index contributed by atoms with van der Waals surface area (Å²) >= 11 is -2.11. The molecular weight excluding hydrogens is 332 g/mol. The van der Waals surface area contributed by atoms with Crippen molar-refractivity contribution in [1.82, 2.24) is 0 Å². The third-order valence-corrected chi connectivity index (χ3v) is 5.49. The average molecular weight is 377 g/mol. The van der Waals surface area contributed by atoms with Crippen LogP contribution in [0.2, 0.25) is 0 Å². The Morgan fingerprint density at radius 2 is 1.04 bits per heavy atom. The predicted octanol–water partition coefficient (Wildman–Crippen LogP) is 7.57. The minimum absolute atomic E-state index is 0.0579. The fourth-order valence-corrected chi connectivity index (χ4v) is 3.82. The third kappa shape index (κ3) is 20.2. The average Bonchev–Trinajstić information content (AvgIpc) is 2.60. The summed E-state index contributed by atoms with van der Waals surface area (Å²) in [5.41, 5.74) is 0. The number of hydrogen-bond acceptors (Lipinski definition) is 2. The van der Waals surface area contributed by atoms with Gasteiger partial charge in [-0.2, -0.15) is 4.21 Å². The smallest absolute Gasteiger partial charge is 0.284 e. The topological polar surface area (TPSA) is 46.5 Å². The van der Waals surface area contributed by atoms with Crippen LogP contribution in [-0.4, -0.2) is 14.9 Å². The van der Waals surface area contributed by atoms with Crippen molar-refractivity contribution in [3.05, 3.63) is 0 Å². The molecule has 152 valence electrons. The largest absolute Gasteiger partial charge is 0.302 e. The Morgan fingerprint density at radius 1 is 0.680 bits per heavy atom. The van der Waals surface area contributed by atoms with Gasteiger partial charge in [0.05, 0.1) is 6.10 Å². The van der Waals surface area contributed by atoms with Crippen molar-refractivity contribution in [2.45, 2.75) is 136 Å². The van der Waals surface area contributed by atoms with Crippen LogP contribution >= 0.6 is 0 Å². The molecule has 2 atom stereocenters. The minimum atomic E-state index is -2.11. The Kier molecular flexibility index (Phi) is 20.4. The molecular formula is C21H44O3S. The van der Waals surface area contributed by atoms with E-state index in [9.17, 15) is 4.21 Å². The first-order valence-electron chi connectivity index (χ1n) is 11.0. The third-order valence-electron chi connectivity index (χ3n) is 5.05. The van der Waals surface area contributed by atoms with Gasteiger partial charge in [-0.15, -0.1) is 0 Å². The van der Waals surface area contributed by atoms with Crippen LogP contribution in [0.1, 0.15) is 129 Å². The molecule has 0 bridgehead atoms. The Hall–Kier alpha value is 0.0700. The molecule has 2 unspecified atom stereocenters. The summed E-state index contributed by atoms with van der Waals surface area (Å²) in [5, 5.41) is 0. The molecule has 0 fully saturated rings. The normalized spacial score (nSPS) is 13.9. The lowest BCUT2D eigenvalue weighted by Crippen LogP contribution is -2.12. The van der Waals surface area contributed by atoms with E-state index >= 15 is 0 Å². The fraction of sp³-hybridized carbons (Fsp3) is 1.00. The van der Waals surface area contributed by atoms with Gasteiger partial charge >= 0.3 is 11.4 Å². The molecule has 0 saturated carbocycles. The summed E-state index contributed by atoms with van der Waals surface area (Å²) < 4.78 is 24.3. The highest BCUT2D eigenvalue weighted by molar-refractivity contribution is 7.74. The molecule has 4 heteroatoms. The summed E-state index contributed by atoms with van der Waals surface area (Å²) in [6.45, 7) is 4.28. The molecule has 0 aromatic heterocycles. The van der Waals surface area contributed by atoms with Gasteiger partial charge < -0.3 is 0 Å². The maximum absolute atomic E-state index is 10.6. The van der Waals surface area contributed by atoms with Gasteiger partial charge in [0.15, 0.2) is 0 Å². The zero-order chi connectivity index (χ0) is 18.6. The number of hydrogen-bond donors (Lipinski definition) is 1. The molecule has 25 heavy (non-hydrogen) atoms. The van der Waals surface area contributed by atoms with Gasteiger partial charge in [0.25, 0.3) is 0 Å². The van der Waals surface area contributed by atoms with Crippen LogP contribution in [0.15, 0.2) is 0 Å². The molecule has 1 N–H and O–H groups in total. The molecule has 0 rings (SSSR count).